The summed E-state index contributed by atoms with van der Waals surface area (Å²) in [5, 5.41) is 6.79. The molecule has 13 heavy (non-hydrogen) atoms. The average molecular weight is 186 g/mol. The molecular weight excluding hydrogens is 164 g/mol. The molecule has 1 aliphatic rings. The summed E-state index contributed by atoms with van der Waals surface area (Å²) in [5.41, 5.74) is 0. The topological polar surface area (TPSA) is 33.3 Å². The second-order valence-electron chi connectivity index (χ2n) is 3.90. The molecule has 0 atom stereocenters. The van der Waals surface area contributed by atoms with Gasteiger partial charge >= 0.3 is 0 Å². The standard InChI is InChI=1S/C10H22N2O/c1-9(2)13-8-7-11-5-6-12-10-3-4-10/h9-12H,3-8H2,1-2H3. The first-order valence-electron chi connectivity index (χ1n) is 5.34. The van der Waals surface area contributed by atoms with Crippen molar-refractivity contribution in [1.82, 2.24) is 10.6 Å². The molecule has 0 aliphatic heterocycles. The summed E-state index contributed by atoms with van der Waals surface area (Å²) in [6, 6.07) is 0.828. The molecule has 1 rings (SSSR count). The Bertz CT molecular complexity index is 118. The van der Waals surface area contributed by atoms with Crippen LogP contribution in [0.1, 0.15) is 26.7 Å². The second kappa shape index (κ2) is 6.35. The molecule has 0 heterocycles. The predicted octanol–water partition coefficient (Wildman–Crippen LogP) is 0.753. The lowest BCUT2D eigenvalue weighted by molar-refractivity contribution is 0.0810. The van der Waals surface area contributed by atoms with Gasteiger partial charge in [-0.15, -0.1) is 0 Å². The van der Waals surface area contributed by atoms with E-state index in [0.29, 0.717) is 6.10 Å². The Hall–Kier alpha value is -0.120. The van der Waals surface area contributed by atoms with Crippen molar-refractivity contribution in [2.75, 3.05) is 26.2 Å². The number of hydrogen-bond acceptors (Lipinski definition) is 3. The van der Waals surface area contributed by atoms with Crippen LogP contribution in [-0.4, -0.2) is 38.4 Å². The summed E-state index contributed by atoms with van der Waals surface area (Å²) in [7, 11) is 0. The number of ether oxygens (including phenoxy) is 1. The van der Waals surface area contributed by atoms with E-state index in [1.165, 1.54) is 12.8 Å². The van der Waals surface area contributed by atoms with Gasteiger partial charge in [0.2, 0.25) is 0 Å². The molecule has 78 valence electrons. The Morgan fingerprint density at radius 3 is 2.62 bits per heavy atom. The van der Waals surface area contributed by atoms with E-state index < -0.39 is 0 Å². The third-order valence-corrected chi connectivity index (χ3v) is 2.04. The fourth-order valence-electron chi connectivity index (χ4n) is 1.14. The van der Waals surface area contributed by atoms with Crippen molar-refractivity contribution in [3.63, 3.8) is 0 Å². The summed E-state index contributed by atoms with van der Waals surface area (Å²) in [6.45, 7) is 8.05. The third kappa shape index (κ3) is 6.99. The molecule has 1 aliphatic carbocycles. The van der Waals surface area contributed by atoms with Gasteiger partial charge in [-0.25, -0.2) is 0 Å². The number of nitrogens with one attached hydrogen (secondary N) is 2. The molecule has 0 radical (unpaired) electrons. The van der Waals surface area contributed by atoms with Crippen LogP contribution in [0.15, 0.2) is 0 Å². The lowest BCUT2D eigenvalue weighted by Gasteiger charge is -2.08. The Kier molecular flexibility index (Phi) is 5.35. The molecular formula is C10H22N2O. The molecule has 0 aromatic heterocycles. The van der Waals surface area contributed by atoms with Crippen molar-refractivity contribution in [1.29, 1.82) is 0 Å². The zero-order valence-electron chi connectivity index (χ0n) is 8.81. The van der Waals surface area contributed by atoms with E-state index in [1.54, 1.807) is 0 Å². The minimum absolute atomic E-state index is 0.353. The van der Waals surface area contributed by atoms with Crippen LogP contribution >= 0.6 is 0 Å². The van der Waals surface area contributed by atoms with Gasteiger partial charge < -0.3 is 15.4 Å². The Labute approximate surface area is 81.2 Å². The van der Waals surface area contributed by atoms with Crippen molar-refractivity contribution < 1.29 is 4.74 Å². The van der Waals surface area contributed by atoms with Gasteiger partial charge in [0.05, 0.1) is 12.7 Å². The predicted molar refractivity (Wildman–Crippen MR) is 55.0 cm³/mol. The van der Waals surface area contributed by atoms with Crippen molar-refractivity contribution in [3.8, 4) is 0 Å². The largest absolute Gasteiger partial charge is 0.377 e. The van der Waals surface area contributed by atoms with Gasteiger partial charge in [-0.2, -0.15) is 0 Å². The van der Waals surface area contributed by atoms with E-state index >= 15 is 0 Å². The summed E-state index contributed by atoms with van der Waals surface area (Å²) in [4.78, 5) is 0. The zero-order chi connectivity index (χ0) is 9.52. The summed E-state index contributed by atoms with van der Waals surface area (Å²) >= 11 is 0. The molecule has 0 aromatic carbocycles. The quantitative estimate of drug-likeness (QED) is 0.549. The molecule has 1 saturated carbocycles. The molecule has 0 spiro atoms. The van der Waals surface area contributed by atoms with Crippen LogP contribution < -0.4 is 10.6 Å². The Balaban J connectivity index is 1.68. The van der Waals surface area contributed by atoms with Gasteiger partial charge in [-0.05, 0) is 26.7 Å². The lowest BCUT2D eigenvalue weighted by atomic mass is 10.5. The number of rotatable bonds is 8. The zero-order valence-corrected chi connectivity index (χ0v) is 8.81. The van der Waals surface area contributed by atoms with Gasteiger partial charge in [-0.1, -0.05) is 0 Å². The third-order valence-electron chi connectivity index (χ3n) is 2.04. The monoisotopic (exact) mass is 186 g/mol. The molecule has 1 fully saturated rings. The molecule has 3 heteroatoms. The fourth-order valence-corrected chi connectivity index (χ4v) is 1.14. The maximum Gasteiger partial charge on any atom is 0.0594 e. The van der Waals surface area contributed by atoms with Crippen LogP contribution in [-0.2, 0) is 4.74 Å². The molecule has 2 N–H and O–H groups in total. The smallest absolute Gasteiger partial charge is 0.0594 e. The minimum atomic E-state index is 0.353. The van der Waals surface area contributed by atoms with Crippen molar-refractivity contribution in [2.45, 2.75) is 38.8 Å². The van der Waals surface area contributed by atoms with Crippen molar-refractivity contribution in [3.05, 3.63) is 0 Å². The molecule has 0 unspecified atom stereocenters. The molecule has 0 bridgehead atoms. The van der Waals surface area contributed by atoms with Crippen LogP contribution in [0.5, 0.6) is 0 Å². The van der Waals surface area contributed by atoms with Crippen LogP contribution in [0.2, 0.25) is 0 Å². The maximum atomic E-state index is 5.40. The van der Waals surface area contributed by atoms with E-state index in [-0.39, 0.29) is 0 Å². The highest BCUT2D eigenvalue weighted by Crippen LogP contribution is 2.17. The minimum Gasteiger partial charge on any atom is -0.377 e. The van der Waals surface area contributed by atoms with Crippen LogP contribution in [0.3, 0.4) is 0 Å². The Morgan fingerprint density at radius 1 is 1.23 bits per heavy atom. The van der Waals surface area contributed by atoms with Crippen LogP contribution in [0.25, 0.3) is 0 Å². The molecule has 0 saturated heterocycles. The average Bonchev–Trinajstić information content (AvgIpc) is 2.86. The van der Waals surface area contributed by atoms with Gasteiger partial charge in [0, 0.05) is 25.7 Å². The Morgan fingerprint density at radius 2 is 2.00 bits per heavy atom. The summed E-state index contributed by atoms with van der Waals surface area (Å²) < 4.78 is 5.40. The second-order valence-corrected chi connectivity index (χ2v) is 3.90. The van der Waals surface area contributed by atoms with Gasteiger partial charge in [0.15, 0.2) is 0 Å². The maximum absolute atomic E-state index is 5.40. The SMILES string of the molecule is CC(C)OCCNCCNC1CC1. The molecule has 3 nitrogen and oxygen atoms in total. The van der Waals surface area contributed by atoms with Crippen LogP contribution in [0, 0.1) is 0 Å². The van der Waals surface area contributed by atoms with E-state index in [2.05, 4.69) is 24.5 Å². The van der Waals surface area contributed by atoms with E-state index in [9.17, 15) is 0 Å². The fraction of sp³-hybridized carbons (Fsp3) is 1.00. The van der Waals surface area contributed by atoms with Gasteiger partial charge in [-0.3, -0.25) is 0 Å². The first kappa shape index (κ1) is 11.0. The van der Waals surface area contributed by atoms with E-state index in [4.69, 9.17) is 4.74 Å². The summed E-state index contributed by atoms with van der Waals surface area (Å²) in [6.07, 6.45) is 3.10. The first-order valence-corrected chi connectivity index (χ1v) is 5.34. The highest BCUT2D eigenvalue weighted by atomic mass is 16.5. The summed E-state index contributed by atoms with van der Waals surface area (Å²) in [5.74, 6) is 0. The van der Waals surface area contributed by atoms with Gasteiger partial charge in [0.25, 0.3) is 0 Å². The van der Waals surface area contributed by atoms with Crippen molar-refractivity contribution in [2.24, 2.45) is 0 Å². The highest BCUT2D eigenvalue weighted by molar-refractivity contribution is 4.80. The van der Waals surface area contributed by atoms with Crippen LogP contribution in [0.4, 0.5) is 0 Å². The van der Waals surface area contributed by atoms with E-state index in [0.717, 1.165) is 32.3 Å². The highest BCUT2D eigenvalue weighted by Gasteiger charge is 2.19. The molecule has 0 amide bonds. The normalized spacial score (nSPS) is 16.8. The first-order chi connectivity index (χ1) is 6.29. The molecule has 0 aromatic rings. The van der Waals surface area contributed by atoms with Crippen molar-refractivity contribution >= 4 is 0 Å². The van der Waals surface area contributed by atoms with E-state index in [1.807, 2.05) is 0 Å². The van der Waals surface area contributed by atoms with Gasteiger partial charge in [0.1, 0.15) is 0 Å². The number of hydrogen-bond donors (Lipinski definition) is 2. The lowest BCUT2D eigenvalue weighted by Crippen LogP contribution is -2.30.